The summed E-state index contributed by atoms with van der Waals surface area (Å²) in [5.74, 6) is 0. The monoisotopic (exact) mass is 279 g/mol. The SMILES string of the molecule is CC[C@]1(C(F)(F)F)OC(=O)Nc2ccc(Cl)cc21. The van der Waals surface area contributed by atoms with Crippen LogP contribution in [0.15, 0.2) is 18.2 Å². The van der Waals surface area contributed by atoms with Crippen molar-refractivity contribution in [2.24, 2.45) is 0 Å². The van der Waals surface area contributed by atoms with Crippen molar-refractivity contribution in [3.05, 3.63) is 28.8 Å². The van der Waals surface area contributed by atoms with Crippen LogP contribution in [0.2, 0.25) is 5.02 Å². The van der Waals surface area contributed by atoms with Crippen LogP contribution in [-0.4, -0.2) is 12.3 Å². The molecule has 0 saturated carbocycles. The van der Waals surface area contributed by atoms with Crippen LogP contribution >= 0.6 is 11.6 Å². The summed E-state index contributed by atoms with van der Waals surface area (Å²) >= 11 is 5.71. The molecule has 0 radical (unpaired) electrons. The van der Waals surface area contributed by atoms with Gasteiger partial charge in [-0.15, -0.1) is 0 Å². The van der Waals surface area contributed by atoms with E-state index in [0.29, 0.717) is 0 Å². The Labute approximate surface area is 106 Å². The molecule has 0 spiro atoms. The van der Waals surface area contributed by atoms with Crippen molar-refractivity contribution in [2.75, 3.05) is 5.32 Å². The van der Waals surface area contributed by atoms with Gasteiger partial charge in [-0.25, -0.2) is 4.79 Å². The van der Waals surface area contributed by atoms with Crippen molar-refractivity contribution in [2.45, 2.75) is 25.1 Å². The first kappa shape index (κ1) is 13.0. The van der Waals surface area contributed by atoms with E-state index in [1.165, 1.54) is 19.1 Å². The Morgan fingerprint density at radius 3 is 2.67 bits per heavy atom. The van der Waals surface area contributed by atoms with Gasteiger partial charge in [0.25, 0.3) is 0 Å². The van der Waals surface area contributed by atoms with Gasteiger partial charge in [0.1, 0.15) is 0 Å². The van der Waals surface area contributed by atoms with Crippen LogP contribution in [0.1, 0.15) is 18.9 Å². The zero-order chi connectivity index (χ0) is 13.6. The van der Waals surface area contributed by atoms with Gasteiger partial charge in [0.15, 0.2) is 0 Å². The van der Waals surface area contributed by atoms with Gasteiger partial charge < -0.3 is 4.74 Å². The van der Waals surface area contributed by atoms with Gasteiger partial charge in [0.2, 0.25) is 5.60 Å². The van der Waals surface area contributed by atoms with Gasteiger partial charge in [-0.05, 0) is 24.6 Å². The fourth-order valence-corrected chi connectivity index (χ4v) is 2.15. The maximum absolute atomic E-state index is 13.2. The van der Waals surface area contributed by atoms with Crippen LogP contribution in [0.4, 0.5) is 23.7 Å². The molecule has 3 nitrogen and oxygen atoms in total. The summed E-state index contributed by atoms with van der Waals surface area (Å²) in [5.41, 5.74) is -2.75. The molecule has 1 aliphatic rings. The molecule has 18 heavy (non-hydrogen) atoms. The molecule has 0 saturated heterocycles. The maximum atomic E-state index is 13.2. The highest BCUT2D eigenvalue weighted by molar-refractivity contribution is 6.30. The lowest BCUT2D eigenvalue weighted by molar-refractivity contribution is -0.265. The first-order valence-electron chi connectivity index (χ1n) is 5.17. The topological polar surface area (TPSA) is 38.3 Å². The van der Waals surface area contributed by atoms with Crippen LogP contribution in [-0.2, 0) is 10.3 Å². The molecular weight excluding hydrogens is 271 g/mol. The van der Waals surface area contributed by atoms with Gasteiger partial charge >= 0.3 is 12.3 Å². The first-order chi connectivity index (χ1) is 8.30. The maximum Gasteiger partial charge on any atom is 0.432 e. The number of ether oxygens (including phenoxy) is 1. The van der Waals surface area contributed by atoms with Gasteiger partial charge in [0, 0.05) is 10.6 Å². The third-order valence-corrected chi connectivity index (χ3v) is 3.11. The van der Waals surface area contributed by atoms with Crippen molar-refractivity contribution in [3.63, 3.8) is 0 Å². The fourth-order valence-electron chi connectivity index (χ4n) is 1.98. The van der Waals surface area contributed by atoms with E-state index in [2.05, 4.69) is 10.1 Å². The predicted octanol–water partition coefficient (Wildman–Crippen LogP) is 4.07. The van der Waals surface area contributed by atoms with Crippen molar-refractivity contribution in [3.8, 4) is 0 Å². The molecular formula is C11H9ClF3NO2. The Morgan fingerprint density at radius 1 is 1.44 bits per heavy atom. The van der Waals surface area contributed by atoms with Crippen molar-refractivity contribution < 1.29 is 22.7 Å². The minimum absolute atomic E-state index is 0.0647. The van der Waals surface area contributed by atoms with Gasteiger partial charge in [-0.1, -0.05) is 18.5 Å². The van der Waals surface area contributed by atoms with E-state index < -0.39 is 24.3 Å². The lowest BCUT2D eigenvalue weighted by Crippen LogP contribution is -2.49. The van der Waals surface area contributed by atoms with Gasteiger partial charge in [-0.2, -0.15) is 13.2 Å². The van der Waals surface area contributed by atoms with Crippen LogP contribution in [0, 0.1) is 0 Å². The normalized spacial score (nSPS) is 23.1. The highest BCUT2D eigenvalue weighted by Gasteiger charge is 2.60. The van der Waals surface area contributed by atoms with Crippen molar-refractivity contribution >= 4 is 23.4 Å². The van der Waals surface area contributed by atoms with Crippen LogP contribution in [0.25, 0.3) is 0 Å². The van der Waals surface area contributed by atoms with Crippen LogP contribution in [0.5, 0.6) is 0 Å². The number of anilines is 1. The van der Waals surface area contributed by atoms with E-state index in [9.17, 15) is 18.0 Å². The molecule has 1 aromatic rings. The summed E-state index contributed by atoms with van der Waals surface area (Å²) in [6, 6.07) is 3.89. The average Bonchev–Trinajstić information content (AvgIpc) is 2.27. The summed E-state index contributed by atoms with van der Waals surface area (Å²) in [7, 11) is 0. The van der Waals surface area contributed by atoms with Gasteiger partial charge in [0.05, 0.1) is 5.69 Å². The quantitative estimate of drug-likeness (QED) is 0.841. The predicted molar refractivity (Wildman–Crippen MR) is 59.6 cm³/mol. The number of hydrogen-bond acceptors (Lipinski definition) is 2. The molecule has 98 valence electrons. The number of cyclic esters (lactones) is 1. The van der Waals surface area contributed by atoms with E-state index in [4.69, 9.17) is 11.6 Å². The molecule has 0 aromatic heterocycles. The smallest absolute Gasteiger partial charge is 0.428 e. The third-order valence-electron chi connectivity index (χ3n) is 2.88. The molecule has 0 aliphatic carbocycles. The minimum atomic E-state index is -4.71. The lowest BCUT2D eigenvalue weighted by atomic mass is 9.87. The molecule has 1 aromatic carbocycles. The molecule has 7 heteroatoms. The Hall–Kier alpha value is -1.43. The molecule has 1 N–H and O–H groups in total. The second-order valence-electron chi connectivity index (χ2n) is 3.88. The van der Waals surface area contributed by atoms with E-state index in [1.54, 1.807) is 0 Å². The summed E-state index contributed by atoms with van der Waals surface area (Å²) in [6.45, 7) is 1.30. The van der Waals surface area contributed by atoms with E-state index in [0.717, 1.165) is 6.07 Å². The summed E-state index contributed by atoms with van der Waals surface area (Å²) in [6.07, 6.45) is -6.25. The summed E-state index contributed by atoms with van der Waals surface area (Å²) in [4.78, 5) is 11.3. The standard InChI is InChI=1S/C11H9ClF3NO2/c1-2-10(11(13,14)15)7-5-6(12)3-4-8(7)16-9(17)18-10/h3-5H,2H2,1H3,(H,16,17)/t10-/m0/s1. The van der Waals surface area contributed by atoms with E-state index in [1.807, 2.05) is 0 Å². The van der Waals surface area contributed by atoms with E-state index >= 15 is 0 Å². The van der Waals surface area contributed by atoms with Crippen molar-refractivity contribution in [1.82, 2.24) is 0 Å². The molecule has 1 amide bonds. The lowest BCUT2D eigenvalue weighted by Gasteiger charge is -2.39. The number of amides is 1. The number of benzene rings is 1. The number of carbonyl (C=O) groups is 1. The number of nitrogens with one attached hydrogen (secondary N) is 1. The minimum Gasteiger partial charge on any atom is -0.428 e. The zero-order valence-corrected chi connectivity index (χ0v) is 10.0. The summed E-state index contributed by atoms with van der Waals surface area (Å²) < 4.78 is 44.2. The largest absolute Gasteiger partial charge is 0.432 e. The molecule has 0 fully saturated rings. The number of halogens is 4. The van der Waals surface area contributed by atoms with Crippen LogP contribution in [0.3, 0.4) is 0 Å². The third kappa shape index (κ3) is 1.80. The molecule has 0 bridgehead atoms. The summed E-state index contributed by atoms with van der Waals surface area (Å²) in [5, 5.41) is 2.38. The van der Waals surface area contributed by atoms with E-state index in [-0.39, 0.29) is 16.3 Å². The molecule has 2 rings (SSSR count). The number of carbonyl (C=O) groups excluding carboxylic acids is 1. The van der Waals surface area contributed by atoms with Gasteiger partial charge in [-0.3, -0.25) is 5.32 Å². The Balaban J connectivity index is 2.69. The Kier molecular flexibility index (Phi) is 2.93. The molecule has 0 unspecified atom stereocenters. The Morgan fingerprint density at radius 2 is 2.11 bits per heavy atom. The fraction of sp³-hybridized carbons (Fsp3) is 0.364. The second-order valence-corrected chi connectivity index (χ2v) is 4.32. The average molecular weight is 280 g/mol. The molecule has 1 atom stereocenters. The highest BCUT2D eigenvalue weighted by Crippen LogP contribution is 2.49. The molecule has 1 heterocycles. The number of rotatable bonds is 1. The second kappa shape index (κ2) is 4.05. The number of fused-ring (bicyclic) bond motifs is 1. The number of hydrogen-bond donors (Lipinski definition) is 1. The van der Waals surface area contributed by atoms with Crippen LogP contribution < -0.4 is 5.32 Å². The zero-order valence-electron chi connectivity index (χ0n) is 9.27. The first-order valence-corrected chi connectivity index (χ1v) is 5.54. The number of alkyl halides is 3. The molecule has 1 aliphatic heterocycles. The highest BCUT2D eigenvalue weighted by atomic mass is 35.5. The Bertz CT molecular complexity index is 504. The van der Waals surface area contributed by atoms with Crippen molar-refractivity contribution in [1.29, 1.82) is 0 Å².